The van der Waals surface area contributed by atoms with E-state index >= 15 is 0 Å². The number of carboxylic acid groups (broad SMARTS) is 1. The number of hydrogen-bond acceptors (Lipinski definition) is 4. The number of aromatic carboxylic acids is 1. The molecule has 30 heavy (non-hydrogen) atoms. The number of aryl methyl sites for hydroxylation is 2. The van der Waals surface area contributed by atoms with Gasteiger partial charge in [-0.3, -0.25) is 4.79 Å². The zero-order chi connectivity index (χ0) is 21.7. The number of hydrogen-bond donors (Lipinski definition) is 2. The highest BCUT2D eigenvalue weighted by molar-refractivity contribution is 6.09. The number of furan rings is 1. The Balaban J connectivity index is 1.84. The fourth-order valence-electron chi connectivity index (χ4n) is 3.08. The Bertz CT molecular complexity index is 1180. The second-order valence-corrected chi connectivity index (χ2v) is 6.67. The summed E-state index contributed by atoms with van der Waals surface area (Å²) in [5.74, 6) is -0.646. The van der Waals surface area contributed by atoms with Gasteiger partial charge >= 0.3 is 5.97 Å². The van der Waals surface area contributed by atoms with Crippen LogP contribution in [0, 0.1) is 18.3 Å². The first-order valence-electron chi connectivity index (χ1n) is 9.38. The molecular weight excluding hydrogens is 380 g/mol. The van der Waals surface area contributed by atoms with Crippen LogP contribution in [0.5, 0.6) is 0 Å². The first-order valence-corrected chi connectivity index (χ1v) is 9.38. The topological polar surface area (TPSA) is 103 Å². The van der Waals surface area contributed by atoms with Crippen LogP contribution < -0.4 is 5.32 Å². The molecule has 1 amide bonds. The summed E-state index contributed by atoms with van der Waals surface area (Å²) >= 11 is 0. The van der Waals surface area contributed by atoms with Crippen molar-refractivity contribution >= 4 is 23.6 Å². The predicted molar refractivity (Wildman–Crippen MR) is 114 cm³/mol. The van der Waals surface area contributed by atoms with Gasteiger partial charge in [-0.15, -0.1) is 0 Å². The number of benzene rings is 2. The van der Waals surface area contributed by atoms with Gasteiger partial charge in [-0.2, -0.15) is 5.26 Å². The van der Waals surface area contributed by atoms with Crippen LogP contribution in [0.25, 0.3) is 17.4 Å². The molecule has 3 rings (SSSR count). The van der Waals surface area contributed by atoms with Gasteiger partial charge < -0.3 is 14.8 Å². The fourth-order valence-corrected chi connectivity index (χ4v) is 3.08. The van der Waals surface area contributed by atoms with Crippen LogP contribution >= 0.6 is 0 Å². The second-order valence-electron chi connectivity index (χ2n) is 6.67. The molecule has 150 valence electrons. The van der Waals surface area contributed by atoms with Crippen molar-refractivity contribution in [3.8, 4) is 17.4 Å². The summed E-state index contributed by atoms with van der Waals surface area (Å²) in [5, 5.41) is 21.3. The van der Waals surface area contributed by atoms with Gasteiger partial charge in [-0.05, 0) is 54.8 Å². The lowest BCUT2D eigenvalue weighted by molar-refractivity contribution is -0.112. The van der Waals surface area contributed by atoms with E-state index in [0.29, 0.717) is 17.2 Å². The number of nitrogens with one attached hydrogen (secondary N) is 1. The van der Waals surface area contributed by atoms with Crippen LogP contribution in [0.15, 0.2) is 64.6 Å². The standard InChI is InChI=1S/C24H20N2O4/c1-3-16-6-4-5-7-21(16)26-23(27)18(14-25)13-19-9-11-22(30-19)20-10-8-17(24(28)29)12-15(20)2/h4-13H,3H2,1-2H3,(H,26,27)(H,28,29)/b18-13-. The van der Waals surface area contributed by atoms with Crippen molar-refractivity contribution in [1.29, 1.82) is 5.26 Å². The normalized spacial score (nSPS) is 11.0. The monoisotopic (exact) mass is 400 g/mol. The predicted octanol–water partition coefficient (Wildman–Crippen LogP) is 5.06. The number of nitriles is 1. The number of carbonyl (C=O) groups is 2. The summed E-state index contributed by atoms with van der Waals surface area (Å²) < 4.78 is 5.77. The molecule has 0 fully saturated rings. The number of rotatable bonds is 6. The van der Waals surface area contributed by atoms with Gasteiger partial charge in [0.2, 0.25) is 0 Å². The molecule has 0 saturated heterocycles. The van der Waals surface area contributed by atoms with E-state index in [2.05, 4.69) is 5.32 Å². The number of carboxylic acids is 1. The molecule has 0 aliphatic heterocycles. The summed E-state index contributed by atoms with van der Waals surface area (Å²) in [7, 11) is 0. The highest BCUT2D eigenvalue weighted by atomic mass is 16.4. The Kier molecular flexibility index (Phi) is 6.14. The van der Waals surface area contributed by atoms with Gasteiger partial charge in [0, 0.05) is 17.3 Å². The maximum Gasteiger partial charge on any atom is 0.335 e. The Morgan fingerprint density at radius 3 is 2.60 bits per heavy atom. The van der Waals surface area contributed by atoms with Crippen LogP contribution in [0.4, 0.5) is 5.69 Å². The first kappa shape index (κ1) is 20.6. The van der Waals surface area contributed by atoms with Gasteiger partial charge in [0.05, 0.1) is 5.56 Å². The number of para-hydroxylation sites is 1. The van der Waals surface area contributed by atoms with E-state index in [4.69, 9.17) is 9.52 Å². The molecule has 0 atom stereocenters. The Labute approximate surface area is 174 Å². The smallest absolute Gasteiger partial charge is 0.335 e. The van der Waals surface area contributed by atoms with Crippen molar-refractivity contribution in [3.05, 3.63) is 82.6 Å². The molecule has 0 bridgehead atoms. The lowest BCUT2D eigenvalue weighted by Crippen LogP contribution is -2.14. The summed E-state index contributed by atoms with van der Waals surface area (Å²) in [6, 6.07) is 17.4. The largest absolute Gasteiger partial charge is 0.478 e. The number of carbonyl (C=O) groups excluding carboxylic acids is 1. The second kappa shape index (κ2) is 8.93. The van der Waals surface area contributed by atoms with Crippen LogP contribution in [-0.4, -0.2) is 17.0 Å². The van der Waals surface area contributed by atoms with Gasteiger partial charge in [0.25, 0.3) is 5.91 Å². The number of nitrogens with zero attached hydrogens (tertiary/aromatic N) is 1. The van der Waals surface area contributed by atoms with E-state index in [1.807, 2.05) is 31.2 Å². The minimum Gasteiger partial charge on any atom is -0.478 e. The summed E-state index contributed by atoms with van der Waals surface area (Å²) in [6.45, 7) is 3.78. The highest BCUT2D eigenvalue weighted by Crippen LogP contribution is 2.27. The first-order chi connectivity index (χ1) is 14.4. The van der Waals surface area contributed by atoms with E-state index in [0.717, 1.165) is 23.1 Å². The van der Waals surface area contributed by atoms with E-state index in [1.165, 1.54) is 12.1 Å². The van der Waals surface area contributed by atoms with Crippen LogP contribution in [0.2, 0.25) is 0 Å². The zero-order valence-corrected chi connectivity index (χ0v) is 16.6. The number of amides is 1. The van der Waals surface area contributed by atoms with E-state index in [1.54, 1.807) is 37.3 Å². The molecule has 0 radical (unpaired) electrons. The Morgan fingerprint density at radius 2 is 1.93 bits per heavy atom. The third kappa shape index (κ3) is 4.47. The van der Waals surface area contributed by atoms with Crippen LogP contribution in [-0.2, 0) is 11.2 Å². The van der Waals surface area contributed by atoms with Gasteiger partial charge in [0.1, 0.15) is 23.2 Å². The maximum absolute atomic E-state index is 12.5. The van der Waals surface area contributed by atoms with Gasteiger partial charge in [-0.25, -0.2) is 4.79 Å². The third-order valence-electron chi connectivity index (χ3n) is 4.66. The lowest BCUT2D eigenvalue weighted by atomic mass is 10.0. The molecule has 0 unspecified atom stereocenters. The maximum atomic E-state index is 12.5. The molecule has 1 aromatic heterocycles. The molecule has 0 aliphatic rings. The summed E-state index contributed by atoms with van der Waals surface area (Å²) in [4.78, 5) is 23.6. The zero-order valence-electron chi connectivity index (χ0n) is 16.6. The van der Waals surface area contributed by atoms with Crippen LogP contribution in [0.1, 0.15) is 34.2 Å². The average molecular weight is 400 g/mol. The molecule has 6 heteroatoms. The molecule has 1 heterocycles. The molecule has 2 N–H and O–H groups in total. The molecule has 2 aromatic carbocycles. The molecule has 6 nitrogen and oxygen atoms in total. The quantitative estimate of drug-likeness (QED) is 0.444. The van der Waals surface area contributed by atoms with Crippen molar-refractivity contribution in [2.45, 2.75) is 20.3 Å². The highest BCUT2D eigenvalue weighted by Gasteiger charge is 2.14. The SMILES string of the molecule is CCc1ccccc1NC(=O)/C(C#N)=C\c1ccc(-c2ccc(C(=O)O)cc2C)o1. The van der Waals surface area contributed by atoms with E-state index in [-0.39, 0.29) is 11.1 Å². The third-order valence-corrected chi connectivity index (χ3v) is 4.66. The van der Waals surface area contributed by atoms with Gasteiger partial charge in [0.15, 0.2) is 0 Å². The molecule has 0 aliphatic carbocycles. The minimum atomic E-state index is -0.998. The fraction of sp³-hybridized carbons (Fsp3) is 0.125. The van der Waals surface area contributed by atoms with Crippen molar-refractivity contribution in [1.82, 2.24) is 0 Å². The molecule has 0 spiro atoms. The van der Waals surface area contributed by atoms with E-state index in [9.17, 15) is 14.9 Å². The molecule has 0 saturated carbocycles. The van der Waals surface area contributed by atoms with Crippen LogP contribution in [0.3, 0.4) is 0 Å². The van der Waals surface area contributed by atoms with Crippen molar-refractivity contribution in [2.24, 2.45) is 0 Å². The van der Waals surface area contributed by atoms with Crippen molar-refractivity contribution < 1.29 is 19.1 Å². The molecular formula is C24H20N2O4. The number of anilines is 1. The Hall–Kier alpha value is -4.11. The minimum absolute atomic E-state index is 0.0836. The van der Waals surface area contributed by atoms with Gasteiger partial charge in [-0.1, -0.05) is 31.2 Å². The van der Waals surface area contributed by atoms with Crippen molar-refractivity contribution in [2.75, 3.05) is 5.32 Å². The van der Waals surface area contributed by atoms with E-state index < -0.39 is 11.9 Å². The lowest BCUT2D eigenvalue weighted by Gasteiger charge is -2.08. The van der Waals surface area contributed by atoms with Crippen molar-refractivity contribution in [3.63, 3.8) is 0 Å². The Morgan fingerprint density at radius 1 is 1.17 bits per heavy atom. The molecule has 3 aromatic rings. The summed E-state index contributed by atoms with van der Waals surface area (Å²) in [6.07, 6.45) is 2.14. The summed E-state index contributed by atoms with van der Waals surface area (Å²) in [5.41, 5.74) is 3.23. The average Bonchev–Trinajstić information content (AvgIpc) is 3.20.